The summed E-state index contributed by atoms with van der Waals surface area (Å²) in [6.07, 6.45) is 0. The number of aromatic nitrogens is 1. The largest absolute Gasteiger partial charge is 0.452 e. The molecule has 3 aromatic carbocycles. The Morgan fingerprint density at radius 2 is 1.73 bits per heavy atom. The summed E-state index contributed by atoms with van der Waals surface area (Å²) in [5, 5.41) is 4.07. The molecular formula is C26H20BrClN2O3. The van der Waals surface area contributed by atoms with Gasteiger partial charge in [0.15, 0.2) is 6.61 Å². The molecule has 0 atom stereocenters. The number of hydrogen-bond acceptors (Lipinski definition) is 4. The van der Waals surface area contributed by atoms with E-state index in [1.807, 2.05) is 50.2 Å². The van der Waals surface area contributed by atoms with Crippen LogP contribution in [0.3, 0.4) is 0 Å². The highest BCUT2D eigenvalue weighted by atomic mass is 79.9. The Morgan fingerprint density at radius 3 is 2.48 bits per heavy atom. The van der Waals surface area contributed by atoms with Crippen molar-refractivity contribution in [2.75, 3.05) is 11.9 Å². The average molecular weight is 524 g/mol. The molecule has 4 rings (SSSR count). The molecule has 0 aliphatic carbocycles. The zero-order chi connectivity index (χ0) is 23.5. The molecular weight excluding hydrogens is 504 g/mol. The molecule has 4 aromatic rings. The third-order valence-corrected chi connectivity index (χ3v) is 6.52. The van der Waals surface area contributed by atoms with Gasteiger partial charge in [-0.15, -0.1) is 0 Å². The van der Waals surface area contributed by atoms with Crippen molar-refractivity contribution < 1.29 is 14.3 Å². The number of anilines is 1. The maximum absolute atomic E-state index is 13.0. The van der Waals surface area contributed by atoms with E-state index in [2.05, 4.69) is 26.2 Å². The summed E-state index contributed by atoms with van der Waals surface area (Å²) < 4.78 is 6.33. The van der Waals surface area contributed by atoms with E-state index >= 15 is 0 Å². The SMILES string of the molecule is Cc1c(Br)ccc(NC(=O)COC(=O)c2cc(-c3ccc(Cl)cc3)nc3ccccc23)c1C. The van der Waals surface area contributed by atoms with Crippen LogP contribution in [0.5, 0.6) is 0 Å². The van der Waals surface area contributed by atoms with Crippen LogP contribution >= 0.6 is 27.5 Å². The number of nitrogens with one attached hydrogen (secondary N) is 1. The molecule has 1 aromatic heterocycles. The normalized spacial score (nSPS) is 10.8. The lowest BCUT2D eigenvalue weighted by atomic mass is 10.0. The van der Waals surface area contributed by atoms with Gasteiger partial charge >= 0.3 is 5.97 Å². The van der Waals surface area contributed by atoms with E-state index in [0.29, 0.717) is 32.9 Å². The molecule has 1 heterocycles. The quantitative estimate of drug-likeness (QED) is 0.295. The standard InChI is InChI=1S/C26H20BrClN2O3/c1-15-16(2)22(12-11-21(15)27)30-25(31)14-33-26(32)20-13-24(17-7-9-18(28)10-8-17)29-23-6-4-3-5-19(20)23/h3-13H,14H2,1-2H3,(H,30,31). The van der Waals surface area contributed by atoms with Crippen molar-refractivity contribution in [3.63, 3.8) is 0 Å². The number of halogens is 2. The van der Waals surface area contributed by atoms with Gasteiger partial charge in [-0.3, -0.25) is 4.79 Å². The first-order chi connectivity index (χ1) is 15.8. The van der Waals surface area contributed by atoms with Gasteiger partial charge in [0.1, 0.15) is 0 Å². The van der Waals surface area contributed by atoms with Crippen molar-refractivity contribution in [3.8, 4) is 11.3 Å². The minimum Gasteiger partial charge on any atom is -0.452 e. The van der Waals surface area contributed by atoms with Crippen molar-refractivity contribution in [2.45, 2.75) is 13.8 Å². The van der Waals surface area contributed by atoms with E-state index < -0.39 is 18.5 Å². The third-order valence-electron chi connectivity index (χ3n) is 5.41. The first-order valence-corrected chi connectivity index (χ1v) is 11.4. The zero-order valence-corrected chi connectivity index (χ0v) is 20.3. The maximum atomic E-state index is 13.0. The van der Waals surface area contributed by atoms with Crippen LogP contribution in [0, 0.1) is 13.8 Å². The summed E-state index contributed by atoms with van der Waals surface area (Å²) in [7, 11) is 0. The highest BCUT2D eigenvalue weighted by molar-refractivity contribution is 9.10. The molecule has 0 unspecified atom stereocenters. The molecule has 0 aliphatic rings. The summed E-state index contributed by atoms with van der Waals surface area (Å²) >= 11 is 9.47. The smallest absolute Gasteiger partial charge is 0.339 e. The number of para-hydroxylation sites is 1. The number of benzene rings is 3. The molecule has 0 aliphatic heterocycles. The van der Waals surface area contributed by atoms with Gasteiger partial charge in [0, 0.05) is 26.1 Å². The third kappa shape index (κ3) is 5.07. The first-order valence-electron chi connectivity index (χ1n) is 10.2. The van der Waals surface area contributed by atoms with Crippen molar-refractivity contribution in [1.82, 2.24) is 4.98 Å². The fourth-order valence-electron chi connectivity index (χ4n) is 3.43. The van der Waals surface area contributed by atoms with Gasteiger partial charge in [-0.25, -0.2) is 9.78 Å². The zero-order valence-electron chi connectivity index (χ0n) is 18.0. The van der Waals surface area contributed by atoms with E-state index in [9.17, 15) is 9.59 Å². The lowest BCUT2D eigenvalue weighted by molar-refractivity contribution is -0.119. The van der Waals surface area contributed by atoms with Gasteiger partial charge in [-0.1, -0.05) is 57.9 Å². The molecule has 7 heteroatoms. The number of carbonyl (C=O) groups excluding carboxylic acids is 2. The van der Waals surface area contributed by atoms with Gasteiger partial charge in [0.25, 0.3) is 5.91 Å². The lowest BCUT2D eigenvalue weighted by Crippen LogP contribution is -2.21. The summed E-state index contributed by atoms with van der Waals surface area (Å²) in [6, 6.07) is 19.9. The van der Waals surface area contributed by atoms with E-state index in [1.54, 1.807) is 30.3 Å². The molecule has 166 valence electrons. The molecule has 0 saturated heterocycles. The number of hydrogen-bond donors (Lipinski definition) is 1. The minimum absolute atomic E-state index is 0.342. The molecule has 33 heavy (non-hydrogen) atoms. The van der Waals surface area contributed by atoms with Gasteiger partial charge < -0.3 is 10.1 Å². The summed E-state index contributed by atoms with van der Waals surface area (Å²) in [4.78, 5) is 30.1. The van der Waals surface area contributed by atoms with E-state index in [4.69, 9.17) is 16.3 Å². The van der Waals surface area contributed by atoms with Crippen LogP contribution in [0.4, 0.5) is 5.69 Å². The van der Waals surface area contributed by atoms with Crippen molar-refractivity contribution in [2.24, 2.45) is 0 Å². The Bertz CT molecular complexity index is 1370. The number of fused-ring (bicyclic) bond motifs is 1. The number of rotatable bonds is 5. The monoisotopic (exact) mass is 522 g/mol. The van der Waals surface area contributed by atoms with Gasteiger partial charge in [0.2, 0.25) is 0 Å². The summed E-state index contributed by atoms with van der Waals surface area (Å²) in [5.41, 5.74) is 5.08. The van der Waals surface area contributed by atoms with Crippen LogP contribution in [-0.2, 0) is 9.53 Å². The Hall–Kier alpha value is -3.22. The Balaban J connectivity index is 1.56. The molecule has 1 amide bonds. The second kappa shape index (κ2) is 9.73. The molecule has 0 fully saturated rings. The van der Waals surface area contributed by atoms with E-state index in [-0.39, 0.29) is 0 Å². The fourth-order valence-corrected chi connectivity index (χ4v) is 3.99. The van der Waals surface area contributed by atoms with Crippen LogP contribution < -0.4 is 5.32 Å². The Morgan fingerprint density at radius 1 is 1.00 bits per heavy atom. The van der Waals surface area contributed by atoms with Gasteiger partial charge in [-0.05, 0) is 61.4 Å². The molecule has 0 saturated carbocycles. The number of pyridine rings is 1. The average Bonchev–Trinajstić information content (AvgIpc) is 2.82. The second-order valence-electron chi connectivity index (χ2n) is 7.55. The van der Waals surface area contributed by atoms with Crippen molar-refractivity contribution in [1.29, 1.82) is 0 Å². The van der Waals surface area contributed by atoms with Crippen LogP contribution in [0.15, 0.2) is 71.2 Å². The van der Waals surface area contributed by atoms with E-state index in [0.717, 1.165) is 21.2 Å². The van der Waals surface area contributed by atoms with Gasteiger partial charge in [0.05, 0.1) is 16.8 Å². The molecule has 5 nitrogen and oxygen atoms in total. The highest BCUT2D eigenvalue weighted by Crippen LogP contribution is 2.27. The Labute approximate surface area is 204 Å². The number of esters is 1. The predicted molar refractivity (Wildman–Crippen MR) is 135 cm³/mol. The maximum Gasteiger partial charge on any atom is 0.339 e. The fraction of sp³-hybridized carbons (Fsp3) is 0.115. The van der Waals surface area contributed by atoms with Gasteiger partial charge in [-0.2, -0.15) is 0 Å². The number of amides is 1. The minimum atomic E-state index is -0.595. The Kier molecular flexibility index (Phi) is 6.77. The molecule has 0 bridgehead atoms. The highest BCUT2D eigenvalue weighted by Gasteiger charge is 2.17. The van der Waals surface area contributed by atoms with Crippen LogP contribution in [0.1, 0.15) is 21.5 Å². The molecule has 0 radical (unpaired) electrons. The van der Waals surface area contributed by atoms with Crippen LogP contribution in [0.25, 0.3) is 22.2 Å². The lowest BCUT2D eigenvalue weighted by Gasteiger charge is -2.13. The topological polar surface area (TPSA) is 68.3 Å². The predicted octanol–water partition coefficient (Wildman–Crippen LogP) is 6.73. The van der Waals surface area contributed by atoms with Crippen molar-refractivity contribution >= 4 is 56.0 Å². The summed E-state index contributed by atoms with van der Waals surface area (Å²) in [5.74, 6) is -1.01. The van der Waals surface area contributed by atoms with Crippen molar-refractivity contribution in [3.05, 3.63) is 92.9 Å². The number of nitrogens with zero attached hydrogens (tertiary/aromatic N) is 1. The summed E-state index contributed by atoms with van der Waals surface area (Å²) in [6.45, 7) is 3.48. The number of carbonyl (C=O) groups is 2. The van der Waals surface area contributed by atoms with Crippen LogP contribution in [-0.4, -0.2) is 23.5 Å². The first kappa shape index (κ1) is 23.0. The molecule has 1 N–H and O–H groups in total. The molecule has 0 spiro atoms. The van der Waals surface area contributed by atoms with E-state index in [1.165, 1.54) is 0 Å². The van der Waals surface area contributed by atoms with Crippen LogP contribution in [0.2, 0.25) is 5.02 Å². The second-order valence-corrected chi connectivity index (χ2v) is 8.84. The number of ether oxygens (including phenoxy) is 1.